The molecule has 0 radical (unpaired) electrons. The molecule has 3 unspecified atom stereocenters. The molecule has 1 N–H and O–H groups in total. The molecule has 0 aromatic rings. The predicted molar refractivity (Wildman–Crippen MR) is 83.5 cm³/mol. The lowest BCUT2D eigenvalue weighted by Gasteiger charge is -2.46. The lowest BCUT2D eigenvalue weighted by molar-refractivity contribution is 0.0618. The maximum Gasteiger partial charge on any atom is 0.0252 e. The van der Waals surface area contributed by atoms with Gasteiger partial charge in [-0.1, -0.05) is 34.1 Å². The standard InChI is InChI=1S/C17H34N2/c1-5-17(3,4)14-9-10-15(18-6-2)16(13-14)19-11-7-8-12-19/h14-16,18H,5-13H2,1-4H3. The smallest absolute Gasteiger partial charge is 0.0252 e. The van der Waals surface area contributed by atoms with Crippen LogP contribution in [0.25, 0.3) is 0 Å². The average Bonchev–Trinajstić information content (AvgIpc) is 2.93. The van der Waals surface area contributed by atoms with Crippen molar-refractivity contribution in [2.24, 2.45) is 11.3 Å². The van der Waals surface area contributed by atoms with Crippen molar-refractivity contribution < 1.29 is 0 Å². The van der Waals surface area contributed by atoms with Gasteiger partial charge in [0.2, 0.25) is 0 Å². The van der Waals surface area contributed by atoms with Crippen LogP contribution in [0.1, 0.15) is 66.2 Å². The Hall–Kier alpha value is -0.0800. The van der Waals surface area contributed by atoms with Crippen LogP contribution in [0, 0.1) is 11.3 Å². The Morgan fingerprint density at radius 2 is 1.79 bits per heavy atom. The summed E-state index contributed by atoms with van der Waals surface area (Å²) >= 11 is 0. The van der Waals surface area contributed by atoms with Crippen molar-refractivity contribution in [2.75, 3.05) is 19.6 Å². The minimum atomic E-state index is 0.523. The molecule has 2 rings (SSSR count). The summed E-state index contributed by atoms with van der Waals surface area (Å²) in [6.07, 6.45) is 8.36. The fourth-order valence-corrected chi connectivity index (χ4v) is 4.12. The summed E-state index contributed by atoms with van der Waals surface area (Å²) in [5.74, 6) is 0.915. The van der Waals surface area contributed by atoms with Gasteiger partial charge in [-0.05, 0) is 63.1 Å². The van der Waals surface area contributed by atoms with Gasteiger partial charge in [0.05, 0.1) is 0 Å². The second-order valence-corrected chi connectivity index (χ2v) is 7.33. The third-order valence-electron chi connectivity index (χ3n) is 5.91. The number of hydrogen-bond acceptors (Lipinski definition) is 2. The Labute approximate surface area is 120 Å². The van der Waals surface area contributed by atoms with Gasteiger partial charge in [0.25, 0.3) is 0 Å². The molecule has 2 nitrogen and oxygen atoms in total. The van der Waals surface area contributed by atoms with E-state index in [1.165, 1.54) is 51.6 Å². The summed E-state index contributed by atoms with van der Waals surface area (Å²) in [5, 5.41) is 3.76. The van der Waals surface area contributed by atoms with Gasteiger partial charge in [-0.15, -0.1) is 0 Å². The van der Waals surface area contributed by atoms with Crippen LogP contribution < -0.4 is 5.32 Å². The largest absolute Gasteiger partial charge is 0.313 e. The number of nitrogens with one attached hydrogen (secondary N) is 1. The van der Waals surface area contributed by atoms with Crippen molar-refractivity contribution in [1.29, 1.82) is 0 Å². The van der Waals surface area contributed by atoms with Crippen molar-refractivity contribution in [2.45, 2.75) is 78.3 Å². The van der Waals surface area contributed by atoms with Crippen LogP contribution in [0.4, 0.5) is 0 Å². The van der Waals surface area contributed by atoms with E-state index >= 15 is 0 Å². The first-order chi connectivity index (χ1) is 9.08. The van der Waals surface area contributed by atoms with E-state index < -0.39 is 0 Å². The molecule has 0 spiro atoms. The van der Waals surface area contributed by atoms with Gasteiger partial charge in [-0.3, -0.25) is 4.90 Å². The monoisotopic (exact) mass is 266 g/mol. The highest BCUT2D eigenvalue weighted by atomic mass is 15.2. The third-order valence-corrected chi connectivity index (χ3v) is 5.91. The first kappa shape index (κ1) is 15.3. The average molecular weight is 266 g/mol. The van der Waals surface area contributed by atoms with Gasteiger partial charge in [0, 0.05) is 12.1 Å². The summed E-state index contributed by atoms with van der Waals surface area (Å²) < 4.78 is 0. The molecule has 2 heteroatoms. The molecule has 1 aliphatic heterocycles. The van der Waals surface area contributed by atoms with Crippen LogP contribution in [0.3, 0.4) is 0 Å². The van der Waals surface area contributed by atoms with Gasteiger partial charge < -0.3 is 5.32 Å². The molecule has 1 heterocycles. The molecule has 3 atom stereocenters. The van der Waals surface area contributed by atoms with Gasteiger partial charge in [-0.2, -0.15) is 0 Å². The third kappa shape index (κ3) is 3.52. The molecule has 0 aromatic heterocycles. The fraction of sp³-hybridized carbons (Fsp3) is 1.00. The molecule has 1 saturated heterocycles. The van der Waals surface area contributed by atoms with Crippen molar-refractivity contribution >= 4 is 0 Å². The van der Waals surface area contributed by atoms with Gasteiger partial charge in [0.1, 0.15) is 0 Å². The van der Waals surface area contributed by atoms with Crippen LogP contribution in [-0.2, 0) is 0 Å². The Morgan fingerprint density at radius 1 is 1.11 bits per heavy atom. The van der Waals surface area contributed by atoms with Gasteiger partial charge >= 0.3 is 0 Å². The first-order valence-corrected chi connectivity index (χ1v) is 8.56. The van der Waals surface area contributed by atoms with E-state index in [9.17, 15) is 0 Å². The molecule has 0 aromatic carbocycles. The van der Waals surface area contributed by atoms with E-state index in [4.69, 9.17) is 0 Å². The molecule has 0 bridgehead atoms. The molecule has 19 heavy (non-hydrogen) atoms. The highest BCUT2D eigenvalue weighted by molar-refractivity contribution is 4.95. The van der Waals surface area contributed by atoms with Crippen molar-refractivity contribution in [3.63, 3.8) is 0 Å². The molecular formula is C17H34N2. The molecule has 1 saturated carbocycles. The van der Waals surface area contributed by atoms with E-state index in [1.807, 2.05) is 0 Å². The second-order valence-electron chi connectivity index (χ2n) is 7.33. The van der Waals surface area contributed by atoms with Crippen LogP contribution in [-0.4, -0.2) is 36.6 Å². The van der Waals surface area contributed by atoms with E-state index in [-0.39, 0.29) is 0 Å². The van der Waals surface area contributed by atoms with Crippen LogP contribution >= 0.6 is 0 Å². The summed E-state index contributed by atoms with van der Waals surface area (Å²) in [4.78, 5) is 2.78. The van der Waals surface area contributed by atoms with Crippen LogP contribution in [0.15, 0.2) is 0 Å². The highest BCUT2D eigenvalue weighted by Crippen LogP contribution is 2.42. The lowest BCUT2D eigenvalue weighted by atomic mass is 9.67. The predicted octanol–water partition coefficient (Wildman–Crippen LogP) is 3.67. The Morgan fingerprint density at radius 3 is 2.37 bits per heavy atom. The summed E-state index contributed by atoms with van der Waals surface area (Å²) in [5.41, 5.74) is 0.523. The van der Waals surface area contributed by atoms with E-state index in [1.54, 1.807) is 0 Å². The summed E-state index contributed by atoms with van der Waals surface area (Å²) in [6.45, 7) is 13.4. The van der Waals surface area contributed by atoms with Gasteiger partial charge in [0.15, 0.2) is 0 Å². The van der Waals surface area contributed by atoms with Crippen molar-refractivity contribution in [3.05, 3.63) is 0 Å². The lowest BCUT2D eigenvalue weighted by Crippen LogP contribution is -2.53. The van der Waals surface area contributed by atoms with Crippen LogP contribution in [0.2, 0.25) is 0 Å². The molecular weight excluding hydrogens is 232 g/mol. The zero-order valence-corrected chi connectivity index (χ0v) is 13.5. The number of likely N-dealkylation sites (tertiary alicyclic amines) is 1. The van der Waals surface area contributed by atoms with E-state index in [0.29, 0.717) is 5.41 Å². The molecule has 0 amide bonds. The highest BCUT2D eigenvalue weighted by Gasteiger charge is 2.39. The minimum Gasteiger partial charge on any atom is -0.313 e. The minimum absolute atomic E-state index is 0.523. The van der Waals surface area contributed by atoms with Crippen LogP contribution in [0.5, 0.6) is 0 Å². The van der Waals surface area contributed by atoms with E-state index in [0.717, 1.165) is 24.5 Å². The second kappa shape index (κ2) is 6.58. The van der Waals surface area contributed by atoms with Crippen molar-refractivity contribution in [3.8, 4) is 0 Å². The topological polar surface area (TPSA) is 15.3 Å². The van der Waals surface area contributed by atoms with E-state index in [2.05, 4.69) is 37.9 Å². The molecule has 1 aliphatic carbocycles. The maximum atomic E-state index is 3.76. The molecule has 112 valence electrons. The number of nitrogens with zero attached hydrogens (tertiary/aromatic N) is 1. The Bertz CT molecular complexity index is 268. The molecule has 2 aliphatic rings. The number of rotatable bonds is 5. The zero-order chi connectivity index (χ0) is 13.9. The van der Waals surface area contributed by atoms with Gasteiger partial charge in [-0.25, -0.2) is 0 Å². The summed E-state index contributed by atoms with van der Waals surface area (Å²) in [6, 6.07) is 1.54. The normalized spacial score (nSPS) is 33.8. The summed E-state index contributed by atoms with van der Waals surface area (Å²) in [7, 11) is 0. The maximum absolute atomic E-state index is 3.76. The quantitative estimate of drug-likeness (QED) is 0.817. The van der Waals surface area contributed by atoms with Crippen molar-refractivity contribution in [1.82, 2.24) is 10.2 Å². The SMILES string of the molecule is CCNC1CCC(C(C)(C)CC)CC1N1CCCC1. The fourth-order valence-electron chi connectivity index (χ4n) is 4.12. The number of hydrogen-bond donors (Lipinski definition) is 1. The molecule has 2 fully saturated rings. The Balaban J connectivity index is 2.04. The Kier molecular flexibility index (Phi) is 5.30. The first-order valence-electron chi connectivity index (χ1n) is 8.56. The zero-order valence-electron chi connectivity index (χ0n) is 13.5. The number of likely N-dealkylation sites (N-methyl/N-ethyl adjacent to an activating group) is 1.